The zero-order valence-electron chi connectivity index (χ0n) is 12.2. The summed E-state index contributed by atoms with van der Waals surface area (Å²) in [5.41, 5.74) is 0.0882. The van der Waals surface area contributed by atoms with Crippen LogP contribution in [-0.4, -0.2) is 68.7 Å². The first-order valence-corrected chi connectivity index (χ1v) is 8.21. The van der Waals surface area contributed by atoms with E-state index >= 15 is 0 Å². The van der Waals surface area contributed by atoms with Gasteiger partial charge < -0.3 is 20.0 Å². The quantitative estimate of drug-likeness (QED) is 0.382. The SMILES string of the molecule is CC(O)[C@H]1C(=O)N2C(C(=O)O)=C(SC3CCN(C=N)C3)CC12. The van der Waals surface area contributed by atoms with Gasteiger partial charge in [0, 0.05) is 29.7 Å². The molecule has 8 heteroatoms. The van der Waals surface area contributed by atoms with Crippen molar-refractivity contribution in [1.82, 2.24) is 9.80 Å². The van der Waals surface area contributed by atoms with E-state index in [-0.39, 0.29) is 22.9 Å². The van der Waals surface area contributed by atoms with Crippen molar-refractivity contribution in [3.05, 3.63) is 10.6 Å². The fraction of sp³-hybridized carbons (Fsp3) is 0.643. The van der Waals surface area contributed by atoms with E-state index in [0.29, 0.717) is 6.42 Å². The van der Waals surface area contributed by atoms with Crippen LogP contribution in [0, 0.1) is 11.3 Å². The number of fused-ring (bicyclic) bond motifs is 1. The molecule has 3 heterocycles. The standard InChI is InChI=1S/C14H19N3O4S/c1-7(18)11-9-4-10(12(14(20)21)17(9)13(11)19)22-8-2-3-16(5-8)6-15/h6-9,11,15,18H,2-5H2,1H3,(H,20,21)/t7?,8?,9?,11-/m1/s1. The van der Waals surface area contributed by atoms with Gasteiger partial charge in [-0.2, -0.15) is 0 Å². The molecule has 0 aromatic heterocycles. The number of carboxylic acid groups (broad SMARTS) is 1. The third kappa shape index (κ3) is 2.30. The first kappa shape index (κ1) is 15.4. The highest BCUT2D eigenvalue weighted by Gasteiger charge is 2.56. The summed E-state index contributed by atoms with van der Waals surface area (Å²) >= 11 is 1.51. The molecular weight excluding hydrogens is 306 g/mol. The number of hydrogen-bond donors (Lipinski definition) is 3. The molecule has 3 N–H and O–H groups in total. The largest absolute Gasteiger partial charge is 0.477 e. The second-order valence-electron chi connectivity index (χ2n) is 5.98. The average molecular weight is 325 g/mol. The summed E-state index contributed by atoms with van der Waals surface area (Å²) in [6.07, 6.45) is 1.96. The Labute approximate surface area is 132 Å². The van der Waals surface area contributed by atoms with Gasteiger partial charge in [0.15, 0.2) is 0 Å². The number of aliphatic hydroxyl groups is 1. The lowest BCUT2D eigenvalue weighted by Crippen LogP contribution is -2.61. The van der Waals surface area contributed by atoms with Gasteiger partial charge in [0.25, 0.3) is 0 Å². The van der Waals surface area contributed by atoms with E-state index in [1.165, 1.54) is 23.0 Å². The molecular formula is C14H19N3O4S. The lowest BCUT2D eigenvalue weighted by Gasteiger charge is -2.44. The molecule has 0 aromatic rings. The van der Waals surface area contributed by atoms with Crippen molar-refractivity contribution < 1.29 is 19.8 Å². The number of β-lactam (4-membered cyclic amide) rings is 1. The third-order valence-corrected chi connectivity index (χ3v) is 5.92. The van der Waals surface area contributed by atoms with Gasteiger partial charge in [0.05, 0.1) is 24.4 Å². The molecule has 4 atom stereocenters. The molecule has 0 aromatic carbocycles. The summed E-state index contributed by atoms with van der Waals surface area (Å²) in [5.74, 6) is -1.86. The maximum Gasteiger partial charge on any atom is 0.353 e. The van der Waals surface area contributed by atoms with Gasteiger partial charge in [-0.1, -0.05) is 0 Å². The smallest absolute Gasteiger partial charge is 0.353 e. The summed E-state index contributed by atoms with van der Waals surface area (Å²) in [5, 5.41) is 26.6. The molecule has 3 rings (SSSR count). The number of aliphatic carboxylic acids is 1. The van der Waals surface area contributed by atoms with Gasteiger partial charge in [-0.25, -0.2) is 4.79 Å². The molecule has 0 bridgehead atoms. The summed E-state index contributed by atoms with van der Waals surface area (Å²) < 4.78 is 0. The van der Waals surface area contributed by atoms with Gasteiger partial charge in [0.1, 0.15) is 5.70 Å². The molecule has 0 radical (unpaired) electrons. The maximum atomic E-state index is 12.1. The molecule has 22 heavy (non-hydrogen) atoms. The maximum absolute atomic E-state index is 12.1. The van der Waals surface area contributed by atoms with Crippen LogP contribution in [0.4, 0.5) is 0 Å². The summed E-state index contributed by atoms with van der Waals surface area (Å²) in [7, 11) is 0. The van der Waals surface area contributed by atoms with Crippen LogP contribution in [0.2, 0.25) is 0 Å². The van der Waals surface area contributed by atoms with Crippen molar-refractivity contribution in [3.8, 4) is 0 Å². The van der Waals surface area contributed by atoms with Crippen LogP contribution in [-0.2, 0) is 9.59 Å². The normalized spacial score (nSPS) is 32.1. The number of aliphatic hydroxyl groups excluding tert-OH is 1. The fourth-order valence-electron chi connectivity index (χ4n) is 3.50. The lowest BCUT2D eigenvalue weighted by molar-refractivity contribution is -0.161. The molecule has 1 amide bonds. The lowest BCUT2D eigenvalue weighted by atomic mass is 9.83. The number of carbonyl (C=O) groups is 2. The number of likely N-dealkylation sites (tertiary alicyclic amines) is 1. The number of hydrogen-bond acceptors (Lipinski definition) is 5. The topological polar surface area (TPSA) is 105 Å². The van der Waals surface area contributed by atoms with Gasteiger partial charge in [-0.3, -0.25) is 10.2 Å². The highest BCUT2D eigenvalue weighted by atomic mass is 32.2. The van der Waals surface area contributed by atoms with Crippen LogP contribution in [0.3, 0.4) is 0 Å². The number of thioether (sulfide) groups is 1. The number of carboxylic acids is 1. The monoisotopic (exact) mass is 325 g/mol. The fourth-order valence-corrected chi connectivity index (χ4v) is 4.96. The summed E-state index contributed by atoms with van der Waals surface area (Å²) in [4.78, 5) is 27.6. The number of nitrogens with one attached hydrogen (secondary N) is 1. The predicted molar refractivity (Wildman–Crippen MR) is 81.4 cm³/mol. The van der Waals surface area contributed by atoms with Crippen LogP contribution in [0.1, 0.15) is 19.8 Å². The number of carbonyl (C=O) groups excluding carboxylic acids is 1. The van der Waals surface area contributed by atoms with Crippen LogP contribution in [0.25, 0.3) is 0 Å². The van der Waals surface area contributed by atoms with Crippen molar-refractivity contribution in [2.75, 3.05) is 13.1 Å². The minimum atomic E-state index is -1.08. The van der Waals surface area contributed by atoms with Crippen LogP contribution in [0.15, 0.2) is 10.6 Å². The Hall–Kier alpha value is -1.54. The third-order valence-electron chi connectivity index (χ3n) is 4.56. The molecule has 2 saturated heterocycles. The molecule has 3 unspecified atom stereocenters. The van der Waals surface area contributed by atoms with Crippen LogP contribution >= 0.6 is 11.8 Å². The highest BCUT2D eigenvalue weighted by Crippen LogP contribution is 2.48. The molecule has 120 valence electrons. The Morgan fingerprint density at radius 3 is 2.82 bits per heavy atom. The van der Waals surface area contributed by atoms with E-state index < -0.39 is 18.0 Å². The number of nitrogens with zero attached hydrogens (tertiary/aromatic N) is 2. The van der Waals surface area contributed by atoms with Gasteiger partial charge in [0.2, 0.25) is 5.91 Å². The Bertz CT molecular complexity index is 562. The molecule has 3 aliphatic rings. The first-order valence-electron chi connectivity index (χ1n) is 7.33. The van der Waals surface area contributed by atoms with Crippen molar-refractivity contribution in [2.45, 2.75) is 37.2 Å². The Balaban J connectivity index is 1.77. The second kappa shape index (κ2) is 5.58. The van der Waals surface area contributed by atoms with Crippen molar-refractivity contribution in [2.24, 2.45) is 5.92 Å². The van der Waals surface area contributed by atoms with E-state index in [9.17, 15) is 19.8 Å². The number of rotatable bonds is 5. The van der Waals surface area contributed by atoms with Gasteiger partial charge >= 0.3 is 5.97 Å². The minimum Gasteiger partial charge on any atom is -0.477 e. The number of amides is 1. The zero-order valence-corrected chi connectivity index (χ0v) is 13.0. The molecule has 0 aliphatic carbocycles. The van der Waals surface area contributed by atoms with E-state index in [4.69, 9.17) is 5.41 Å². The zero-order chi connectivity index (χ0) is 16.0. The van der Waals surface area contributed by atoms with Crippen LogP contribution in [0.5, 0.6) is 0 Å². The second-order valence-corrected chi connectivity index (χ2v) is 7.37. The van der Waals surface area contributed by atoms with Gasteiger partial charge in [-0.15, -0.1) is 11.8 Å². The van der Waals surface area contributed by atoms with E-state index in [0.717, 1.165) is 24.4 Å². The Kier molecular flexibility index (Phi) is 3.90. The minimum absolute atomic E-state index is 0.0882. The predicted octanol–water partition coefficient (Wildman–Crippen LogP) is 0.309. The van der Waals surface area contributed by atoms with Crippen molar-refractivity contribution in [3.63, 3.8) is 0 Å². The molecule has 0 spiro atoms. The van der Waals surface area contributed by atoms with Crippen molar-refractivity contribution in [1.29, 1.82) is 5.41 Å². The summed E-state index contributed by atoms with van der Waals surface area (Å²) in [6, 6.07) is -0.221. The van der Waals surface area contributed by atoms with Gasteiger partial charge in [-0.05, 0) is 13.3 Å². The van der Waals surface area contributed by atoms with Crippen LogP contribution < -0.4 is 0 Å². The van der Waals surface area contributed by atoms with Crippen molar-refractivity contribution >= 4 is 30.0 Å². The van der Waals surface area contributed by atoms with E-state index in [2.05, 4.69) is 0 Å². The van der Waals surface area contributed by atoms with E-state index in [1.807, 2.05) is 4.90 Å². The molecule has 2 fully saturated rings. The Morgan fingerprint density at radius 2 is 2.27 bits per heavy atom. The van der Waals surface area contributed by atoms with E-state index in [1.54, 1.807) is 6.92 Å². The molecule has 7 nitrogen and oxygen atoms in total. The molecule has 3 aliphatic heterocycles. The first-order chi connectivity index (χ1) is 10.4. The summed E-state index contributed by atoms with van der Waals surface area (Å²) in [6.45, 7) is 3.10. The highest BCUT2D eigenvalue weighted by molar-refractivity contribution is 8.03. The average Bonchev–Trinajstić information content (AvgIpc) is 3.01. The Morgan fingerprint density at radius 1 is 1.55 bits per heavy atom. The molecule has 0 saturated carbocycles.